The van der Waals surface area contributed by atoms with Gasteiger partial charge in [-0.1, -0.05) is 36.4 Å². The highest BCUT2D eigenvalue weighted by Crippen LogP contribution is 2.34. The summed E-state index contributed by atoms with van der Waals surface area (Å²) in [6.45, 7) is 0.237. The molecule has 0 N–H and O–H groups in total. The number of carbonyl (C=O) groups excluding carboxylic acids is 3. The molecule has 0 saturated carbocycles. The van der Waals surface area contributed by atoms with Crippen molar-refractivity contribution in [3.05, 3.63) is 89.7 Å². The van der Waals surface area contributed by atoms with E-state index in [1.807, 2.05) is 30.3 Å². The average Bonchev–Trinajstić information content (AvgIpc) is 3.42. The van der Waals surface area contributed by atoms with Crippen molar-refractivity contribution in [2.45, 2.75) is 25.4 Å². The first-order valence-corrected chi connectivity index (χ1v) is 10.8. The summed E-state index contributed by atoms with van der Waals surface area (Å²) < 4.78 is 24.2. The zero-order chi connectivity index (χ0) is 23.7. The Bertz CT molecular complexity index is 1250. The fraction of sp³-hybridized carbons (Fsp3) is 0.192. The zero-order valence-electron chi connectivity index (χ0n) is 18.1. The van der Waals surface area contributed by atoms with Crippen molar-refractivity contribution >= 4 is 23.4 Å². The maximum Gasteiger partial charge on any atom is 0.257 e. The van der Waals surface area contributed by atoms with Gasteiger partial charge < -0.3 is 14.4 Å². The van der Waals surface area contributed by atoms with Crippen molar-refractivity contribution in [3.8, 4) is 11.5 Å². The van der Waals surface area contributed by atoms with Crippen molar-refractivity contribution in [1.82, 2.24) is 4.90 Å². The van der Waals surface area contributed by atoms with Gasteiger partial charge in [0.15, 0.2) is 11.5 Å². The highest BCUT2D eigenvalue weighted by Gasteiger charge is 2.44. The summed E-state index contributed by atoms with van der Waals surface area (Å²) in [6, 6.07) is 18.7. The van der Waals surface area contributed by atoms with Crippen LogP contribution in [0.2, 0.25) is 0 Å². The summed E-state index contributed by atoms with van der Waals surface area (Å²) in [6.07, 6.45) is -0.0683. The van der Waals surface area contributed by atoms with Crippen LogP contribution in [0.5, 0.6) is 11.5 Å². The average molecular weight is 460 g/mol. The number of anilines is 1. The summed E-state index contributed by atoms with van der Waals surface area (Å²) in [5, 5.41) is 0. The van der Waals surface area contributed by atoms with Crippen molar-refractivity contribution < 1.29 is 28.2 Å². The summed E-state index contributed by atoms with van der Waals surface area (Å²) >= 11 is 0. The van der Waals surface area contributed by atoms with Crippen LogP contribution < -0.4 is 14.4 Å². The van der Waals surface area contributed by atoms with Gasteiger partial charge in [-0.05, 0) is 47.5 Å². The highest BCUT2D eigenvalue weighted by molar-refractivity contribution is 6.23. The third-order valence-electron chi connectivity index (χ3n) is 5.89. The molecule has 8 heteroatoms. The van der Waals surface area contributed by atoms with E-state index in [1.54, 1.807) is 18.2 Å². The Hall–Kier alpha value is -4.20. The van der Waals surface area contributed by atoms with Crippen LogP contribution in [-0.2, 0) is 27.3 Å². The Morgan fingerprint density at radius 3 is 2.44 bits per heavy atom. The van der Waals surface area contributed by atoms with Crippen molar-refractivity contribution in [2.75, 3.05) is 11.7 Å². The van der Waals surface area contributed by atoms with Crippen LogP contribution in [0.25, 0.3) is 0 Å². The number of halogens is 1. The maximum absolute atomic E-state index is 13.4. The topological polar surface area (TPSA) is 76.1 Å². The summed E-state index contributed by atoms with van der Waals surface area (Å²) in [4.78, 5) is 42.0. The minimum atomic E-state index is -0.973. The van der Waals surface area contributed by atoms with E-state index in [-0.39, 0.29) is 37.8 Å². The fourth-order valence-corrected chi connectivity index (χ4v) is 4.20. The molecule has 0 aromatic heterocycles. The predicted molar refractivity (Wildman–Crippen MR) is 121 cm³/mol. The smallest absolute Gasteiger partial charge is 0.257 e. The van der Waals surface area contributed by atoms with Gasteiger partial charge in [0.2, 0.25) is 18.6 Å². The number of fused-ring (bicyclic) bond motifs is 1. The van der Waals surface area contributed by atoms with Gasteiger partial charge >= 0.3 is 0 Å². The largest absolute Gasteiger partial charge is 0.454 e. The molecule has 0 spiro atoms. The van der Waals surface area contributed by atoms with Gasteiger partial charge in [-0.3, -0.25) is 14.4 Å². The molecule has 2 heterocycles. The van der Waals surface area contributed by atoms with Crippen molar-refractivity contribution in [2.24, 2.45) is 0 Å². The van der Waals surface area contributed by atoms with Gasteiger partial charge in [0.25, 0.3) is 5.91 Å². The lowest BCUT2D eigenvalue weighted by Crippen LogP contribution is -2.45. The summed E-state index contributed by atoms with van der Waals surface area (Å²) in [7, 11) is 0. The van der Waals surface area contributed by atoms with Gasteiger partial charge in [0, 0.05) is 6.54 Å². The Balaban J connectivity index is 1.44. The molecule has 3 amide bonds. The second kappa shape index (κ2) is 8.97. The number of ether oxygens (including phenoxy) is 2. The number of rotatable bonds is 6. The van der Waals surface area contributed by atoms with Gasteiger partial charge in [-0.25, -0.2) is 9.29 Å². The lowest BCUT2D eigenvalue weighted by Gasteiger charge is -2.28. The number of imide groups is 1. The van der Waals surface area contributed by atoms with Gasteiger partial charge in [-0.15, -0.1) is 0 Å². The minimum absolute atomic E-state index is 0.0832. The molecule has 34 heavy (non-hydrogen) atoms. The van der Waals surface area contributed by atoms with Crippen LogP contribution in [0.1, 0.15) is 17.5 Å². The molecule has 1 atom stereocenters. The molecule has 1 fully saturated rings. The molecule has 2 aliphatic rings. The normalized spacial score (nSPS) is 16.7. The second-order valence-electron chi connectivity index (χ2n) is 8.14. The van der Waals surface area contributed by atoms with E-state index in [0.717, 1.165) is 16.0 Å². The van der Waals surface area contributed by atoms with E-state index in [2.05, 4.69) is 0 Å². The molecule has 0 bridgehead atoms. The number of nitrogens with zero attached hydrogens (tertiary/aromatic N) is 2. The molecule has 3 aromatic carbocycles. The van der Waals surface area contributed by atoms with Crippen LogP contribution in [0.4, 0.5) is 10.1 Å². The number of hydrogen-bond donors (Lipinski definition) is 0. The van der Waals surface area contributed by atoms with Crippen LogP contribution in [0, 0.1) is 5.82 Å². The molecular formula is C26H21FN2O5. The molecule has 0 aliphatic carbocycles. The van der Waals surface area contributed by atoms with Crippen LogP contribution in [-0.4, -0.2) is 35.5 Å². The highest BCUT2D eigenvalue weighted by atomic mass is 19.1. The molecule has 7 nitrogen and oxygen atoms in total. The fourth-order valence-electron chi connectivity index (χ4n) is 4.20. The van der Waals surface area contributed by atoms with Crippen LogP contribution in [0.3, 0.4) is 0 Å². The SMILES string of the molecule is O=C1CC(N(Cc2ccc3c(c2)OCO3)C(=O)Cc2ccccc2)C(=O)N1c1ccc(F)cc1. The van der Waals surface area contributed by atoms with Crippen molar-refractivity contribution in [3.63, 3.8) is 0 Å². The van der Waals surface area contributed by atoms with Crippen molar-refractivity contribution in [1.29, 1.82) is 0 Å². The zero-order valence-corrected chi connectivity index (χ0v) is 18.1. The summed E-state index contributed by atoms with van der Waals surface area (Å²) in [5.41, 5.74) is 1.82. The van der Waals surface area contributed by atoms with Crippen LogP contribution >= 0.6 is 0 Å². The number of benzene rings is 3. The van der Waals surface area contributed by atoms with Gasteiger partial charge in [0.1, 0.15) is 11.9 Å². The first kappa shape index (κ1) is 21.6. The Morgan fingerprint density at radius 2 is 1.68 bits per heavy atom. The third-order valence-corrected chi connectivity index (χ3v) is 5.89. The first-order valence-electron chi connectivity index (χ1n) is 10.8. The maximum atomic E-state index is 13.4. The third kappa shape index (κ3) is 4.22. The van der Waals surface area contributed by atoms with E-state index >= 15 is 0 Å². The van der Waals surface area contributed by atoms with Gasteiger partial charge in [0.05, 0.1) is 18.5 Å². The number of amides is 3. The molecule has 3 aromatic rings. The standard InChI is InChI=1S/C26H21FN2O5/c27-19-7-9-20(10-8-19)29-25(31)14-21(26(29)32)28(24(30)13-17-4-2-1-3-5-17)15-18-6-11-22-23(12-18)34-16-33-22/h1-12,21H,13-16H2. The molecule has 0 radical (unpaired) electrons. The first-order chi connectivity index (χ1) is 16.5. The Labute approximate surface area is 195 Å². The predicted octanol–water partition coefficient (Wildman–Crippen LogP) is 3.46. The van der Waals surface area contributed by atoms with E-state index in [9.17, 15) is 18.8 Å². The van der Waals surface area contributed by atoms with E-state index in [0.29, 0.717) is 11.5 Å². The minimum Gasteiger partial charge on any atom is -0.454 e. The number of carbonyl (C=O) groups is 3. The summed E-state index contributed by atoms with van der Waals surface area (Å²) in [5.74, 6) is -0.531. The van der Waals surface area contributed by atoms with Crippen LogP contribution in [0.15, 0.2) is 72.8 Å². The van der Waals surface area contributed by atoms with E-state index in [4.69, 9.17) is 9.47 Å². The van der Waals surface area contributed by atoms with E-state index in [1.165, 1.54) is 29.2 Å². The molecule has 5 rings (SSSR count). The molecule has 2 aliphatic heterocycles. The molecular weight excluding hydrogens is 439 g/mol. The molecule has 172 valence electrons. The van der Waals surface area contributed by atoms with E-state index < -0.39 is 23.7 Å². The lowest BCUT2D eigenvalue weighted by molar-refractivity contribution is -0.138. The monoisotopic (exact) mass is 460 g/mol. The second-order valence-corrected chi connectivity index (χ2v) is 8.14. The lowest BCUT2D eigenvalue weighted by atomic mass is 10.1. The molecule has 1 unspecified atom stereocenters. The molecule has 1 saturated heterocycles. The Kier molecular flexibility index (Phi) is 5.71. The quantitative estimate of drug-likeness (QED) is 0.527. The Morgan fingerprint density at radius 1 is 0.941 bits per heavy atom. The number of hydrogen-bond acceptors (Lipinski definition) is 5. The van der Waals surface area contributed by atoms with Gasteiger partial charge in [-0.2, -0.15) is 0 Å².